The Morgan fingerprint density at radius 3 is 2.62 bits per heavy atom. The summed E-state index contributed by atoms with van der Waals surface area (Å²) in [7, 11) is 0. The zero-order valence-corrected chi connectivity index (χ0v) is 14.2. The first kappa shape index (κ1) is 17.4. The Kier molecular flexibility index (Phi) is 6.55. The van der Waals surface area contributed by atoms with Gasteiger partial charge in [-0.25, -0.2) is 4.79 Å². The van der Waals surface area contributed by atoms with Gasteiger partial charge in [0.15, 0.2) is 0 Å². The zero-order chi connectivity index (χ0) is 15.9. The Bertz CT molecular complexity index is 490. The Morgan fingerprint density at radius 2 is 2.00 bits per heavy atom. The highest BCUT2D eigenvalue weighted by atomic mass is 79.9. The molecule has 4 N–H and O–H groups in total. The fourth-order valence-electron chi connectivity index (χ4n) is 1.51. The summed E-state index contributed by atoms with van der Waals surface area (Å²) >= 11 is 3.44. The number of alkyl carbamates (subject to hydrolysis) is 1. The summed E-state index contributed by atoms with van der Waals surface area (Å²) in [6.07, 6.45) is 3.34. The van der Waals surface area contributed by atoms with E-state index in [1.165, 1.54) is 0 Å². The van der Waals surface area contributed by atoms with Gasteiger partial charge in [0.05, 0.1) is 11.4 Å². The molecular weight excluding hydrogens is 334 g/mol. The molecule has 0 unspecified atom stereocenters. The summed E-state index contributed by atoms with van der Waals surface area (Å²) in [6, 6.07) is 5.64. The molecule has 0 aromatic heterocycles. The van der Waals surface area contributed by atoms with Crippen molar-refractivity contribution in [2.75, 3.05) is 24.1 Å². The number of halogens is 1. The third kappa shape index (κ3) is 7.04. The monoisotopic (exact) mass is 355 g/mol. The van der Waals surface area contributed by atoms with Gasteiger partial charge in [0.2, 0.25) is 0 Å². The maximum Gasteiger partial charge on any atom is 0.407 e. The topological polar surface area (TPSA) is 76.4 Å². The van der Waals surface area contributed by atoms with Gasteiger partial charge in [0.25, 0.3) is 0 Å². The molecule has 0 atom stereocenters. The highest BCUT2D eigenvalue weighted by Gasteiger charge is 2.14. The molecular formula is C15H22BrN3O2. The second-order valence-electron chi connectivity index (χ2n) is 5.44. The van der Waals surface area contributed by atoms with Gasteiger partial charge in [-0.2, -0.15) is 0 Å². The van der Waals surface area contributed by atoms with Crippen LogP contribution in [0.3, 0.4) is 0 Å². The highest BCUT2D eigenvalue weighted by molar-refractivity contribution is 9.10. The van der Waals surface area contributed by atoms with Crippen LogP contribution < -0.4 is 16.4 Å². The maximum absolute atomic E-state index is 11.4. The minimum absolute atomic E-state index is 0.419. The van der Waals surface area contributed by atoms with E-state index in [4.69, 9.17) is 10.5 Å². The lowest BCUT2D eigenvalue weighted by atomic mass is 10.2. The quantitative estimate of drug-likeness (QED) is 0.557. The van der Waals surface area contributed by atoms with Crippen LogP contribution in [0.25, 0.3) is 0 Å². The number of para-hydroxylation sites is 1. The Morgan fingerprint density at radius 1 is 1.33 bits per heavy atom. The number of nitrogen functional groups attached to an aromatic ring is 1. The molecule has 0 radical (unpaired) electrons. The average Bonchev–Trinajstić information content (AvgIpc) is 2.34. The molecule has 0 aliphatic rings. The highest BCUT2D eigenvalue weighted by Crippen LogP contribution is 2.27. The number of hydrogen-bond donors (Lipinski definition) is 3. The zero-order valence-electron chi connectivity index (χ0n) is 12.6. The number of ether oxygens (including phenoxy) is 1. The summed E-state index contributed by atoms with van der Waals surface area (Å²) in [5.41, 5.74) is 6.94. The van der Waals surface area contributed by atoms with Gasteiger partial charge in [0, 0.05) is 17.6 Å². The number of hydrogen-bond acceptors (Lipinski definition) is 4. The van der Waals surface area contributed by atoms with Crippen molar-refractivity contribution in [3.63, 3.8) is 0 Å². The van der Waals surface area contributed by atoms with Gasteiger partial charge in [-0.1, -0.05) is 18.2 Å². The molecule has 0 saturated carbocycles. The lowest BCUT2D eigenvalue weighted by Crippen LogP contribution is -2.32. The summed E-state index contributed by atoms with van der Waals surface area (Å²) in [6.45, 7) is 6.52. The Hall–Kier alpha value is -1.69. The van der Waals surface area contributed by atoms with Crippen LogP contribution in [-0.4, -0.2) is 24.8 Å². The Balaban J connectivity index is 2.29. The van der Waals surface area contributed by atoms with Gasteiger partial charge >= 0.3 is 6.09 Å². The molecule has 6 heteroatoms. The summed E-state index contributed by atoms with van der Waals surface area (Å²) in [5, 5.41) is 5.86. The standard InChI is InChI=1S/C15H22BrN3O2/c1-15(2,3)21-14(20)19-10-5-4-9-18-13-11(16)7-6-8-12(13)17/h4-8,18H,9-10,17H2,1-3H3,(H,19,20). The molecule has 0 fully saturated rings. The van der Waals surface area contributed by atoms with Crippen molar-refractivity contribution < 1.29 is 9.53 Å². The van der Waals surface area contributed by atoms with Crippen molar-refractivity contribution in [2.45, 2.75) is 26.4 Å². The number of nitrogens with one attached hydrogen (secondary N) is 2. The normalized spacial score (nSPS) is 11.4. The lowest BCUT2D eigenvalue weighted by Gasteiger charge is -2.19. The van der Waals surface area contributed by atoms with Crippen molar-refractivity contribution in [3.8, 4) is 0 Å². The predicted molar refractivity (Wildman–Crippen MR) is 90.4 cm³/mol. The molecule has 0 bridgehead atoms. The molecule has 1 amide bonds. The van der Waals surface area contributed by atoms with Gasteiger partial charge < -0.3 is 21.1 Å². The molecule has 1 aromatic rings. The van der Waals surface area contributed by atoms with Crippen LogP contribution in [0, 0.1) is 0 Å². The van der Waals surface area contributed by atoms with E-state index in [1.54, 1.807) is 0 Å². The van der Waals surface area contributed by atoms with Crippen LogP contribution in [0.15, 0.2) is 34.8 Å². The van der Waals surface area contributed by atoms with E-state index >= 15 is 0 Å². The van der Waals surface area contributed by atoms with Gasteiger partial charge in [-0.15, -0.1) is 0 Å². The predicted octanol–water partition coefficient (Wildman–Crippen LogP) is 3.52. The minimum atomic E-state index is -0.480. The van der Waals surface area contributed by atoms with Crippen molar-refractivity contribution >= 4 is 33.4 Å². The van der Waals surface area contributed by atoms with Crippen molar-refractivity contribution in [3.05, 3.63) is 34.8 Å². The van der Waals surface area contributed by atoms with Crippen molar-refractivity contribution in [1.29, 1.82) is 0 Å². The molecule has 0 spiro atoms. The van der Waals surface area contributed by atoms with E-state index in [-0.39, 0.29) is 0 Å². The third-order valence-corrected chi connectivity index (χ3v) is 3.03. The summed E-state index contributed by atoms with van der Waals surface area (Å²) in [5.74, 6) is 0. The maximum atomic E-state index is 11.4. The molecule has 0 aliphatic heterocycles. The van der Waals surface area contributed by atoms with E-state index in [2.05, 4.69) is 26.6 Å². The van der Waals surface area contributed by atoms with Gasteiger partial charge in [0.1, 0.15) is 5.60 Å². The first-order valence-corrected chi connectivity index (χ1v) is 7.48. The largest absolute Gasteiger partial charge is 0.444 e. The van der Waals surface area contributed by atoms with E-state index in [9.17, 15) is 4.79 Å². The number of nitrogens with two attached hydrogens (primary N) is 1. The van der Waals surface area contributed by atoms with Crippen LogP contribution in [0.5, 0.6) is 0 Å². The third-order valence-electron chi connectivity index (χ3n) is 2.37. The molecule has 5 nitrogen and oxygen atoms in total. The second kappa shape index (κ2) is 7.93. The summed E-state index contributed by atoms with van der Waals surface area (Å²) < 4.78 is 6.04. The number of amides is 1. The average molecular weight is 356 g/mol. The molecule has 0 aliphatic carbocycles. The van der Waals surface area contributed by atoms with Crippen LogP contribution in [0.2, 0.25) is 0 Å². The second-order valence-corrected chi connectivity index (χ2v) is 6.29. The van der Waals surface area contributed by atoms with Crippen LogP contribution >= 0.6 is 15.9 Å². The molecule has 1 aromatic carbocycles. The van der Waals surface area contributed by atoms with E-state index in [0.29, 0.717) is 18.8 Å². The number of rotatable bonds is 5. The SMILES string of the molecule is CC(C)(C)OC(=O)NCC=CCNc1c(N)cccc1Br. The van der Waals surface area contributed by atoms with Crippen LogP contribution in [-0.2, 0) is 4.74 Å². The van der Waals surface area contributed by atoms with E-state index in [0.717, 1.165) is 10.2 Å². The first-order chi connectivity index (χ1) is 9.79. The lowest BCUT2D eigenvalue weighted by molar-refractivity contribution is 0.0534. The van der Waals surface area contributed by atoms with E-state index in [1.807, 2.05) is 51.1 Å². The molecule has 0 saturated heterocycles. The number of carbonyl (C=O) groups is 1. The first-order valence-electron chi connectivity index (χ1n) is 6.69. The van der Waals surface area contributed by atoms with E-state index < -0.39 is 11.7 Å². The minimum Gasteiger partial charge on any atom is -0.444 e. The Labute approximate surface area is 134 Å². The van der Waals surface area contributed by atoms with Crippen molar-refractivity contribution in [1.82, 2.24) is 5.32 Å². The summed E-state index contributed by atoms with van der Waals surface area (Å²) in [4.78, 5) is 11.4. The van der Waals surface area contributed by atoms with Crippen LogP contribution in [0.4, 0.5) is 16.2 Å². The van der Waals surface area contributed by atoms with Crippen LogP contribution in [0.1, 0.15) is 20.8 Å². The fraction of sp³-hybridized carbons (Fsp3) is 0.400. The van der Waals surface area contributed by atoms with Crippen molar-refractivity contribution in [2.24, 2.45) is 0 Å². The molecule has 21 heavy (non-hydrogen) atoms. The van der Waals surface area contributed by atoms with Gasteiger partial charge in [-0.05, 0) is 48.8 Å². The number of anilines is 2. The smallest absolute Gasteiger partial charge is 0.407 e. The number of benzene rings is 1. The fourth-order valence-corrected chi connectivity index (χ4v) is 2.03. The van der Waals surface area contributed by atoms with Gasteiger partial charge in [-0.3, -0.25) is 0 Å². The molecule has 0 heterocycles. The molecule has 1 rings (SSSR count). The molecule has 116 valence electrons. The number of carbonyl (C=O) groups excluding carboxylic acids is 1.